The monoisotopic (exact) mass is 305 g/mol. The van der Waals surface area contributed by atoms with Gasteiger partial charge in [-0.2, -0.15) is 0 Å². The van der Waals surface area contributed by atoms with Crippen LogP contribution < -0.4 is 5.73 Å². The minimum Gasteiger partial charge on any atom is -0.398 e. The van der Waals surface area contributed by atoms with Crippen LogP contribution in [0.4, 0.5) is 5.69 Å². The molecule has 0 spiro atoms. The van der Waals surface area contributed by atoms with E-state index in [2.05, 4.69) is 22.4 Å². The van der Waals surface area contributed by atoms with Crippen LogP contribution in [0.1, 0.15) is 39.0 Å². The molecule has 112 valence electrons. The molecule has 5 nitrogen and oxygen atoms in total. The Bertz CT molecular complexity index is 631. The third kappa shape index (κ3) is 3.02. The van der Waals surface area contributed by atoms with Crippen molar-refractivity contribution < 1.29 is 0 Å². The van der Waals surface area contributed by atoms with Crippen LogP contribution in [-0.4, -0.2) is 20.2 Å². The van der Waals surface area contributed by atoms with Gasteiger partial charge in [0.15, 0.2) is 5.82 Å². The van der Waals surface area contributed by atoms with E-state index in [1.807, 2.05) is 16.8 Å². The number of nitrogen functional groups attached to an aromatic ring is 1. The maximum absolute atomic E-state index is 5.98. The molecule has 1 aromatic heterocycles. The molecule has 2 aromatic rings. The summed E-state index contributed by atoms with van der Waals surface area (Å²) in [7, 11) is 0. The SMILES string of the molecule is CC1(Cn2nnnc2-c2ccc(Cl)c(N)c2)CCCCC1. The highest BCUT2D eigenvalue weighted by molar-refractivity contribution is 6.33. The molecule has 3 rings (SSSR count). The van der Waals surface area contributed by atoms with Crippen molar-refractivity contribution >= 4 is 17.3 Å². The van der Waals surface area contributed by atoms with Crippen LogP contribution >= 0.6 is 11.6 Å². The summed E-state index contributed by atoms with van der Waals surface area (Å²) in [6.07, 6.45) is 6.39. The highest BCUT2D eigenvalue weighted by atomic mass is 35.5. The minimum absolute atomic E-state index is 0.278. The van der Waals surface area contributed by atoms with Gasteiger partial charge in [-0.05, 0) is 46.9 Å². The minimum atomic E-state index is 0.278. The van der Waals surface area contributed by atoms with E-state index in [4.69, 9.17) is 17.3 Å². The van der Waals surface area contributed by atoms with Gasteiger partial charge in [0.05, 0.1) is 17.3 Å². The number of aromatic nitrogens is 4. The van der Waals surface area contributed by atoms with Gasteiger partial charge < -0.3 is 5.73 Å². The summed E-state index contributed by atoms with van der Waals surface area (Å²) < 4.78 is 1.90. The van der Waals surface area contributed by atoms with Crippen LogP contribution in [0.5, 0.6) is 0 Å². The summed E-state index contributed by atoms with van der Waals surface area (Å²) in [5.74, 6) is 0.755. The molecular formula is C15H20ClN5. The molecule has 0 atom stereocenters. The molecule has 1 heterocycles. The largest absolute Gasteiger partial charge is 0.398 e. The zero-order chi connectivity index (χ0) is 14.9. The van der Waals surface area contributed by atoms with E-state index in [0.29, 0.717) is 10.7 Å². The lowest BCUT2D eigenvalue weighted by Crippen LogP contribution is -2.27. The first-order valence-electron chi connectivity index (χ1n) is 7.39. The van der Waals surface area contributed by atoms with Crippen LogP contribution in [0, 0.1) is 5.41 Å². The van der Waals surface area contributed by atoms with Crippen LogP contribution in [0.25, 0.3) is 11.4 Å². The third-order valence-electron chi connectivity index (χ3n) is 4.38. The Kier molecular flexibility index (Phi) is 3.85. The lowest BCUT2D eigenvalue weighted by molar-refractivity contribution is 0.175. The summed E-state index contributed by atoms with van der Waals surface area (Å²) in [5.41, 5.74) is 7.61. The molecule has 6 heteroatoms. The van der Waals surface area contributed by atoms with Crippen molar-refractivity contribution in [3.05, 3.63) is 23.2 Å². The number of benzene rings is 1. The van der Waals surface area contributed by atoms with Crippen molar-refractivity contribution in [2.24, 2.45) is 5.41 Å². The van der Waals surface area contributed by atoms with E-state index >= 15 is 0 Å². The second kappa shape index (κ2) is 5.64. The van der Waals surface area contributed by atoms with Crippen LogP contribution in [-0.2, 0) is 6.54 Å². The number of rotatable bonds is 3. The zero-order valence-electron chi connectivity index (χ0n) is 12.2. The maximum atomic E-state index is 5.98. The van der Waals surface area contributed by atoms with Gasteiger partial charge in [-0.1, -0.05) is 37.8 Å². The number of hydrogen-bond donors (Lipinski definition) is 1. The van der Waals surface area contributed by atoms with Crippen LogP contribution in [0.2, 0.25) is 5.02 Å². The summed E-state index contributed by atoms with van der Waals surface area (Å²) in [4.78, 5) is 0. The molecule has 0 saturated heterocycles. The number of anilines is 1. The van der Waals surface area contributed by atoms with E-state index in [1.165, 1.54) is 32.1 Å². The fourth-order valence-corrected chi connectivity index (χ4v) is 3.24. The first kappa shape index (κ1) is 14.3. The lowest BCUT2D eigenvalue weighted by atomic mass is 9.76. The maximum Gasteiger partial charge on any atom is 0.182 e. The summed E-state index contributed by atoms with van der Waals surface area (Å²) in [6, 6.07) is 5.52. The molecule has 1 fully saturated rings. The standard InChI is InChI=1S/C15H20ClN5/c1-15(7-3-2-4-8-15)10-21-14(18-19-20-21)11-5-6-12(16)13(17)9-11/h5-6,9H,2-4,7-8,10,17H2,1H3. The van der Waals surface area contributed by atoms with E-state index in [1.54, 1.807) is 6.07 Å². The van der Waals surface area contributed by atoms with E-state index < -0.39 is 0 Å². The number of nitrogens with two attached hydrogens (primary N) is 1. The Balaban J connectivity index is 1.88. The molecule has 0 aliphatic heterocycles. The average Bonchev–Trinajstić information content (AvgIpc) is 2.90. The molecule has 1 saturated carbocycles. The highest BCUT2D eigenvalue weighted by Crippen LogP contribution is 2.37. The van der Waals surface area contributed by atoms with Crippen LogP contribution in [0.3, 0.4) is 0 Å². The first-order chi connectivity index (χ1) is 10.1. The van der Waals surface area contributed by atoms with Gasteiger partial charge >= 0.3 is 0 Å². The first-order valence-corrected chi connectivity index (χ1v) is 7.77. The van der Waals surface area contributed by atoms with Crippen molar-refractivity contribution in [2.45, 2.75) is 45.6 Å². The highest BCUT2D eigenvalue weighted by Gasteiger charge is 2.29. The van der Waals surface area contributed by atoms with Gasteiger partial charge in [0.1, 0.15) is 0 Å². The van der Waals surface area contributed by atoms with Gasteiger partial charge in [0, 0.05) is 5.56 Å². The predicted molar refractivity (Wildman–Crippen MR) is 83.9 cm³/mol. The quantitative estimate of drug-likeness (QED) is 0.880. The van der Waals surface area contributed by atoms with Crippen molar-refractivity contribution in [3.8, 4) is 11.4 Å². The number of halogens is 1. The number of hydrogen-bond acceptors (Lipinski definition) is 4. The molecule has 1 aliphatic rings. The molecule has 2 N–H and O–H groups in total. The molecule has 1 aliphatic carbocycles. The van der Waals surface area contributed by atoms with E-state index in [-0.39, 0.29) is 5.41 Å². The molecule has 1 aromatic carbocycles. The average molecular weight is 306 g/mol. The van der Waals surface area contributed by atoms with E-state index in [9.17, 15) is 0 Å². The second-order valence-electron chi connectivity index (χ2n) is 6.27. The predicted octanol–water partition coefficient (Wildman–Crippen LogP) is 3.55. The van der Waals surface area contributed by atoms with Gasteiger partial charge in [-0.15, -0.1) is 5.10 Å². The Morgan fingerprint density at radius 1 is 1.29 bits per heavy atom. The van der Waals surface area contributed by atoms with Gasteiger partial charge in [-0.3, -0.25) is 0 Å². The molecule has 0 radical (unpaired) electrons. The van der Waals surface area contributed by atoms with Crippen LogP contribution in [0.15, 0.2) is 18.2 Å². The Morgan fingerprint density at radius 3 is 2.76 bits per heavy atom. The topological polar surface area (TPSA) is 69.6 Å². The normalized spacial score (nSPS) is 17.8. The molecular weight excluding hydrogens is 286 g/mol. The number of tetrazole rings is 1. The fourth-order valence-electron chi connectivity index (χ4n) is 3.13. The Labute approximate surface area is 129 Å². The number of nitrogens with zero attached hydrogens (tertiary/aromatic N) is 4. The molecule has 0 unspecified atom stereocenters. The molecule has 21 heavy (non-hydrogen) atoms. The smallest absolute Gasteiger partial charge is 0.182 e. The van der Waals surface area contributed by atoms with E-state index in [0.717, 1.165) is 17.9 Å². The lowest BCUT2D eigenvalue weighted by Gasteiger charge is -2.33. The summed E-state index contributed by atoms with van der Waals surface area (Å²) >= 11 is 5.98. The van der Waals surface area contributed by atoms with Crippen molar-refractivity contribution in [3.63, 3.8) is 0 Å². The summed E-state index contributed by atoms with van der Waals surface area (Å²) in [6.45, 7) is 3.17. The van der Waals surface area contributed by atoms with Crippen molar-refractivity contribution in [2.75, 3.05) is 5.73 Å². The van der Waals surface area contributed by atoms with Gasteiger partial charge in [-0.25, -0.2) is 4.68 Å². The van der Waals surface area contributed by atoms with Gasteiger partial charge in [0.25, 0.3) is 0 Å². The Hall–Kier alpha value is -1.62. The van der Waals surface area contributed by atoms with Crippen molar-refractivity contribution in [1.29, 1.82) is 0 Å². The zero-order valence-corrected chi connectivity index (χ0v) is 13.0. The third-order valence-corrected chi connectivity index (χ3v) is 4.72. The van der Waals surface area contributed by atoms with Gasteiger partial charge in [0.2, 0.25) is 0 Å². The fraction of sp³-hybridized carbons (Fsp3) is 0.533. The van der Waals surface area contributed by atoms with Crippen molar-refractivity contribution in [1.82, 2.24) is 20.2 Å². The Morgan fingerprint density at radius 2 is 2.05 bits per heavy atom. The molecule has 0 amide bonds. The second-order valence-corrected chi connectivity index (χ2v) is 6.67. The molecule has 0 bridgehead atoms. The summed E-state index contributed by atoms with van der Waals surface area (Å²) in [5, 5.41) is 12.7.